The van der Waals surface area contributed by atoms with Gasteiger partial charge in [0.05, 0.1) is 19.0 Å². The minimum atomic E-state index is -2.84. The first-order valence-electron chi connectivity index (χ1n) is 7.33. The van der Waals surface area contributed by atoms with Crippen LogP contribution in [0.4, 0.5) is 8.78 Å². The number of rotatable bonds is 3. The molecule has 1 fully saturated rings. The maximum atomic E-state index is 13.9. The van der Waals surface area contributed by atoms with Gasteiger partial charge in [0, 0.05) is 12.3 Å². The molecule has 0 atom stereocenters. The fraction of sp³-hybridized carbons (Fsp3) is 0.278. The van der Waals surface area contributed by atoms with Gasteiger partial charge in [-0.3, -0.25) is 4.90 Å². The Morgan fingerprint density at radius 2 is 1.41 bits per heavy atom. The highest BCUT2D eigenvalue weighted by Crippen LogP contribution is 2.34. The third-order valence-electron chi connectivity index (χ3n) is 3.90. The monoisotopic (exact) mass is 300 g/mol. The molecule has 0 aliphatic carbocycles. The molecule has 1 aliphatic rings. The summed E-state index contributed by atoms with van der Waals surface area (Å²) in [5.41, 5.74) is 2.03. The molecule has 0 amide bonds. The van der Waals surface area contributed by atoms with Gasteiger partial charge >= 0.3 is 0 Å². The highest BCUT2D eigenvalue weighted by molar-refractivity contribution is 5.85. The minimum absolute atomic E-state index is 0.0908. The van der Waals surface area contributed by atoms with E-state index < -0.39 is 12.3 Å². The van der Waals surface area contributed by atoms with Crippen LogP contribution in [0.2, 0.25) is 0 Å². The molecule has 0 spiro atoms. The van der Waals surface area contributed by atoms with Crippen LogP contribution in [0.15, 0.2) is 60.7 Å². The van der Waals surface area contributed by atoms with Crippen molar-refractivity contribution in [3.8, 4) is 0 Å². The van der Waals surface area contributed by atoms with Crippen LogP contribution >= 0.6 is 0 Å². The van der Waals surface area contributed by atoms with Gasteiger partial charge in [-0.25, -0.2) is 8.78 Å². The van der Waals surface area contributed by atoms with Crippen molar-refractivity contribution in [3.63, 3.8) is 0 Å². The average Bonchev–Trinajstić information content (AvgIpc) is 2.48. The molecule has 0 aromatic heterocycles. The van der Waals surface area contributed by atoms with Crippen LogP contribution < -0.4 is 0 Å². The fourth-order valence-corrected chi connectivity index (χ4v) is 3.09. The van der Waals surface area contributed by atoms with Gasteiger partial charge < -0.3 is 5.41 Å². The first kappa shape index (κ1) is 14.9. The number of hydrogen-bond acceptors (Lipinski definition) is 2. The number of nitrogens with zero attached hydrogens (tertiary/aromatic N) is 1. The van der Waals surface area contributed by atoms with Crippen molar-refractivity contribution in [2.24, 2.45) is 0 Å². The van der Waals surface area contributed by atoms with E-state index in [-0.39, 0.29) is 24.8 Å². The lowest BCUT2D eigenvalue weighted by molar-refractivity contribution is -0.0404. The van der Waals surface area contributed by atoms with Crippen LogP contribution in [0.25, 0.3) is 0 Å². The Hall–Kier alpha value is -2.07. The molecule has 0 bridgehead atoms. The minimum Gasteiger partial charge on any atom is -0.308 e. The van der Waals surface area contributed by atoms with Gasteiger partial charge in [0.1, 0.15) is 0 Å². The van der Waals surface area contributed by atoms with Crippen LogP contribution in [-0.2, 0) is 0 Å². The molecule has 2 aromatic rings. The molecule has 1 N–H and O–H groups in total. The molecule has 0 unspecified atom stereocenters. The lowest BCUT2D eigenvalue weighted by Crippen LogP contribution is -2.48. The number of hydrogen-bond donors (Lipinski definition) is 1. The Labute approximate surface area is 128 Å². The third-order valence-corrected chi connectivity index (χ3v) is 3.90. The van der Waals surface area contributed by atoms with E-state index in [9.17, 15) is 8.78 Å². The van der Waals surface area contributed by atoms with E-state index in [0.717, 1.165) is 11.1 Å². The molecule has 2 aromatic carbocycles. The predicted molar refractivity (Wildman–Crippen MR) is 83.6 cm³/mol. The second-order valence-electron chi connectivity index (χ2n) is 5.77. The lowest BCUT2D eigenvalue weighted by atomic mass is 9.94. The first-order valence-corrected chi connectivity index (χ1v) is 7.33. The maximum absolute atomic E-state index is 13.9. The fourth-order valence-electron chi connectivity index (χ4n) is 3.09. The zero-order chi connectivity index (χ0) is 15.6. The summed E-state index contributed by atoms with van der Waals surface area (Å²) in [4.78, 5) is 1.70. The van der Waals surface area contributed by atoms with Gasteiger partial charge in [-0.05, 0) is 11.1 Å². The first-order chi connectivity index (χ1) is 10.6. The second-order valence-corrected chi connectivity index (χ2v) is 5.77. The Morgan fingerprint density at radius 3 is 1.86 bits per heavy atom. The van der Waals surface area contributed by atoms with E-state index in [0.29, 0.717) is 0 Å². The second kappa shape index (κ2) is 5.97. The van der Waals surface area contributed by atoms with E-state index in [1.54, 1.807) is 4.90 Å². The molecule has 0 radical (unpaired) electrons. The molecular formula is C18H18F2N2. The lowest BCUT2D eigenvalue weighted by Gasteiger charge is -2.38. The smallest absolute Gasteiger partial charge is 0.265 e. The standard InChI is InChI=1S/C18H18F2N2/c19-18(20)11-16(21)12-22(13-18)17(14-7-3-1-4-8-14)15-9-5-2-6-10-15/h1-10,17,21H,11-13H2. The van der Waals surface area contributed by atoms with Crippen LogP contribution in [0.5, 0.6) is 0 Å². The normalized spacial score (nSPS) is 18.6. The molecule has 4 heteroatoms. The summed E-state index contributed by atoms with van der Waals surface area (Å²) >= 11 is 0. The number of alkyl halides is 2. The van der Waals surface area contributed by atoms with Crippen molar-refractivity contribution in [2.75, 3.05) is 13.1 Å². The SMILES string of the molecule is N=C1CN(C(c2ccccc2)c2ccccc2)CC(F)(F)C1. The molecule has 0 saturated carbocycles. The maximum Gasteiger partial charge on any atom is 0.265 e. The van der Waals surface area contributed by atoms with E-state index in [1.165, 1.54) is 0 Å². The Balaban J connectivity index is 2.01. The van der Waals surface area contributed by atoms with Crippen LogP contribution in [0.1, 0.15) is 23.6 Å². The molecule has 114 valence electrons. The third kappa shape index (κ3) is 3.22. The van der Waals surface area contributed by atoms with Gasteiger partial charge in [-0.2, -0.15) is 0 Å². The topological polar surface area (TPSA) is 27.1 Å². The molecule has 3 rings (SSSR count). The highest BCUT2D eigenvalue weighted by Gasteiger charge is 2.40. The molecule has 1 heterocycles. The number of piperidine rings is 1. The van der Waals surface area contributed by atoms with E-state index in [1.807, 2.05) is 60.7 Å². The van der Waals surface area contributed by atoms with E-state index in [2.05, 4.69) is 0 Å². The van der Waals surface area contributed by atoms with Crippen molar-refractivity contribution in [3.05, 3.63) is 71.8 Å². The quantitative estimate of drug-likeness (QED) is 0.906. The van der Waals surface area contributed by atoms with Crippen molar-refractivity contribution in [2.45, 2.75) is 18.4 Å². The summed E-state index contributed by atoms with van der Waals surface area (Å²) in [6.45, 7) is -0.0338. The van der Waals surface area contributed by atoms with Gasteiger partial charge in [0.2, 0.25) is 0 Å². The van der Waals surface area contributed by atoms with Crippen LogP contribution in [0, 0.1) is 5.41 Å². The zero-order valence-corrected chi connectivity index (χ0v) is 12.2. The number of likely N-dealkylation sites (tertiary alicyclic amines) is 1. The molecule has 1 saturated heterocycles. The molecule has 22 heavy (non-hydrogen) atoms. The highest BCUT2D eigenvalue weighted by atomic mass is 19.3. The van der Waals surface area contributed by atoms with E-state index >= 15 is 0 Å². The molecular weight excluding hydrogens is 282 g/mol. The van der Waals surface area contributed by atoms with Gasteiger partial charge in [0.25, 0.3) is 5.92 Å². The largest absolute Gasteiger partial charge is 0.308 e. The number of benzene rings is 2. The van der Waals surface area contributed by atoms with Crippen molar-refractivity contribution in [1.29, 1.82) is 5.41 Å². The van der Waals surface area contributed by atoms with Crippen molar-refractivity contribution in [1.82, 2.24) is 4.90 Å². The summed E-state index contributed by atoms with van der Waals surface area (Å²) in [7, 11) is 0. The van der Waals surface area contributed by atoms with Crippen LogP contribution in [-0.4, -0.2) is 29.6 Å². The zero-order valence-electron chi connectivity index (χ0n) is 12.2. The Morgan fingerprint density at radius 1 is 0.909 bits per heavy atom. The van der Waals surface area contributed by atoms with Crippen molar-refractivity contribution < 1.29 is 8.78 Å². The summed E-state index contributed by atoms with van der Waals surface area (Å²) < 4.78 is 27.8. The molecule has 2 nitrogen and oxygen atoms in total. The Bertz CT molecular complexity index is 601. The Kier molecular flexibility index (Phi) is 4.03. The van der Waals surface area contributed by atoms with Crippen molar-refractivity contribution >= 4 is 5.71 Å². The molecule has 1 aliphatic heterocycles. The van der Waals surface area contributed by atoms with Gasteiger partial charge in [-0.1, -0.05) is 60.7 Å². The summed E-state index contributed by atoms with van der Waals surface area (Å²) in [5.74, 6) is -2.84. The summed E-state index contributed by atoms with van der Waals surface area (Å²) in [5, 5.41) is 7.77. The summed E-state index contributed by atoms with van der Waals surface area (Å²) in [6.07, 6.45) is -0.431. The van der Waals surface area contributed by atoms with Gasteiger partial charge in [-0.15, -0.1) is 0 Å². The number of halogens is 2. The predicted octanol–water partition coefficient (Wildman–Crippen LogP) is 4.14. The number of nitrogens with one attached hydrogen (secondary N) is 1. The average molecular weight is 300 g/mol. The summed E-state index contributed by atoms with van der Waals surface area (Å²) in [6, 6.07) is 19.0. The van der Waals surface area contributed by atoms with Crippen LogP contribution in [0.3, 0.4) is 0 Å². The van der Waals surface area contributed by atoms with E-state index in [4.69, 9.17) is 5.41 Å². The van der Waals surface area contributed by atoms with Gasteiger partial charge in [0.15, 0.2) is 0 Å².